The van der Waals surface area contributed by atoms with Gasteiger partial charge < -0.3 is 9.15 Å². The zero-order valence-corrected chi connectivity index (χ0v) is 9.72. The van der Waals surface area contributed by atoms with E-state index in [1.165, 1.54) is 24.6 Å². The molecule has 5 nitrogen and oxygen atoms in total. The molecule has 0 aliphatic heterocycles. The van der Waals surface area contributed by atoms with Gasteiger partial charge in [0, 0.05) is 12.0 Å². The standard InChI is InChI=1S/C12H11FN2O3/c1-2-3-11(16)18-10-6-8(4-5-9(10)13)12-15-14-7-17-12/h4-7H,2-3H2,1H3. The SMILES string of the molecule is CCCC(=O)Oc1cc(-c2nnco2)ccc1F. The van der Waals surface area contributed by atoms with E-state index in [2.05, 4.69) is 10.2 Å². The lowest BCUT2D eigenvalue weighted by Gasteiger charge is -2.05. The van der Waals surface area contributed by atoms with E-state index in [0.717, 1.165) is 0 Å². The molecule has 0 aliphatic rings. The Kier molecular flexibility index (Phi) is 3.66. The molecule has 0 aliphatic carbocycles. The highest BCUT2D eigenvalue weighted by molar-refractivity contribution is 5.73. The van der Waals surface area contributed by atoms with Gasteiger partial charge in [0.15, 0.2) is 11.6 Å². The van der Waals surface area contributed by atoms with E-state index in [0.29, 0.717) is 12.0 Å². The topological polar surface area (TPSA) is 65.2 Å². The smallest absolute Gasteiger partial charge is 0.311 e. The minimum absolute atomic E-state index is 0.135. The van der Waals surface area contributed by atoms with Crippen molar-refractivity contribution in [1.82, 2.24) is 10.2 Å². The molecule has 0 radical (unpaired) electrons. The molecule has 2 rings (SSSR count). The van der Waals surface area contributed by atoms with Crippen LogP contribution in [0.2, 0.25) is 0 Å². The number of esters is 1. The van der Waals surface area contributed by atoms with E-state index in [1.807, 2.05) is 6.92 Å². The van der Waals surface area contributed by atoms with Crippen molar-refractivity contribution in [2.45, 2.75) is 19.8 Å². The van der Waals surface area contributed by atoms with Gasteiger partial charge in [0.25, 0.3) is 0 Å². The number of hydrogen-bond donors (Lipinski definition) is 0. The Morgan fingerprint density at radius 2 is 2.33 bits per heavy atom. The van der Waals surface area contributed by atoms with Gasteiger partial charge in [-0.15, -0.1) is 10.2 Å². The van der Waals surface area contributed by atoms with Crippen LogP contribution in [0.5, 0.6) is 5.75 Å². The summed E-state index contributed by atoms with van der Waals surface area (Å²) in [5, 5.41) is 7.22. The van der Waals surface area contributed by atoms with Crippen LogP contribution in [0.15, 0.2) is 29.0 Å². The number of hydrogen-bond acceptors (Lipinski definition) is 5. The fourth-order valence-corrected chi connectivity index (χ4v) is 1.39. The first-order valence-electron chi connectivity index (χ1n) is 5.47. The van der Waals surface area contributed by atoms with Crippen molar-refractivity contribution in [3.05, 3.63) is 30.4 Å². The minimum Gasteiger partial charge on any atom is -0.423 e. The summed E-state index contributed by atoms with van der Waals surface area (Å²) in [5.41, 5.74) is 0.494. The second-order valence-electron chi connectivity index (χ2n) is 3.61. The Hall–Kier alpha value is -2.24. The van der Waals surface area contributed by atoms with Crippen LogP contribution in [-0.4, -0.2) is 16.2 Å². The lowest BCUT2D eigenvalue weighted by Crippen LogP contribution is -2.08. The van der Waals surface area contributed by atoms with E-state index < -0.39 is 11.8 Å². The van der Waals surface area contributed by atoms with Gasteiger partial charge in [0.1, 0.15) is 0 Å². The maximum Gasteiger partial charge on any atom is 0.311 e. The Labute approximate surface area is 103 Å². The quantitative estimate of drug-likeness (QED) is 0.616. The molecule has 0 bridgehead atoms. The monoisotopic (exact) mass is 250 g/mol. The summed E-state index contributed by atoms with van der Waals surface area (Å²) in [4.78, 5) is 11.3. The van der Waals surface area contributed by atoms with Gasteiger partial charge in [-0.05, 0) is 24.6 Å². The second kappa shape index (κ2) is 5.39. The molecule has 0 spiro atoms. The van der Waals surface area contributed by atoms with Crippen LogP contribution < -0.4 is 4.74 Å². The highest BCUT2D eigenvalue weighted by Gasteiger charge is 2.12. The Morgan fingerprint density at radius 1 is 1.50 bits per heavy atom. The number of carbonyl (C=O) groups is 1. The predicted molar refractivity (Wildman–Crippen MR) is 60.2 cm³/mol. The molecule has 94 valence electrons. The van der Waals surface area contributed by atoms with Gasteiger partial charge in [-0.1, -0.05) is 6.92 Å². The number of ether oxygens (including phenoxy) is 1. The zero-order valence-electron chi connectivity index (χ0n) is 9.72. The molecule has 1 heterocycles. The van der Waals surface area contributed by atoms with Gasteiger partial charge in [0.2, 0.25) is 12.3 Å². The Morgan fingerprint density at radius 3 is 3.00 bits per heavy atom. The van der Waals surface area contributed by atoms with E-state index in [1.54, 1.807) is 0 Å². The van der Waals surface area contributed by atoms with Crippen molar-refractivity contribution in [2.75, 3.05) is 0 Å². The van der Waals surface area contributed by atoms with Crippen molar-refractivity contribution in [2.24, 2.45) is 0 Å². The van der Waals surface area contributed by atoms with Crippen LogP contribution in [-0.2, 0) is 4.79 Å². The first kappa shape index (κ1) is 12.2. The van der Waals surface area contributed by atoms with Crippen LogP contribution in [0, 0.1) is 5.82 Å². The maximum atomic E-state index is 13.5. The van der Waals surface area contributed by atoms with Crippen LogP contribution in [0.25, 0.3) is 11.5 Å². The van der Waals surface area contributed by atoms with Crippen LogP contribution in [0.4, 0.5) is 4.39 Å². The molecule has 0 fully saturated rings. The molecule has 18 heavy (non-hydrogen) atoms. The predicted octanol–water partition coefficient (Wildman–Crippen LogP) is 2.58. The molecule has 0 saturated carbocycles. The molecule has 0 amide bonds. The fraction of sp³-hybridized carbons (Fsp3) is 0.250. The Balaban J connectivity index is 2.24. The average Bonchev–Trinajstić information content (AvgIpc) is 2.86. The average molecular weight is 250 g/mol. The number of aromatic nitrogens is 2. The molecule has 1 aromatic heterocycles. The summed E-state index contributed by atoms with van der Waals surface area (Å²) in [6, 6.07) is 4.02. The van der Waals surface area contributed by atoms with Gasteiger partial charge in [-0.3, -0.25) is 4.79 Å². The zero-order chi connectivity index (χ0) is 13.0. The molecule has 1 aromatic carbocycles. The summed E-state index contributed by atoms with van der Waals surface area (Å²) in [7, 11) is 0. The van der Waals surface area contributed by atoms with E-state index in [-0.39, 0.29) is 18.1 Å². The van der Waals surface area contributed by atoms with E-state index >= 15 is 0 Å². The van der Waals surface area contributed by atoms with E-state index in [9.17, 15) is 9.18 Å². The normalized spacial score (nSPS) is 10.3. The summed E-state index contributed by atoms with van der Waals surface area (Å²) in [6.45, 7) is 1.84. The highest BCUT2D eigenvalue weighted by Crippen LogP contribution is 2.25. The third-order valence-electron chi connectivity index (χ3n) is 2.22. The third-order valence-corrected chi connectivity index (χ3v) is 2.22. The number of benzene rings is 1. The lowest BCUT2D eigenvalue weighted by atomic mass is 10.2. The molecule has 0 atom stereocenters. The number of nitrogens with zero attached hydrogens (tertiary/aromatic N) is 2. The van der Waals surface area contributed by atoms with Crippen LogP contribution >= 0.6 is 0 Å². The largest absolute Gasteiger partial charge is 0.423 e. The summed E-state index contributed by atoms with van der Waals surface area (Å²) in [5.74, 6) is -0.978. The Bertz CT molecular complexity index is 540. The van der Waals surface area contributed by atoms with Crippen LogP contribution in [0.1, 0.15) is 19.8 Å². The van der Waals surface area contributed by atoms with Crippen LogP contribution in [0.3, 0.4) is 0 Å². The van der Waals surface area contributed by atoms with Gasteiger partial charge >= 0.3 is 5.97 Å². The van der Waals surface area contributed by atoms with Gasteiger partial charge in [-0.2, -0.15) is 0 Å². The first-order chi connectivity index (χ1) is 8.70. The van der Waals surface area contributed by atoms with Crippen molar-refractivity contribution >= 4 is 5.97 Å². The minimum atomic E-state index is -0.609. The highest BCUT2D eigenvalue weighted by atomic mass is 19.1. The number of carbonyl (C=O) groups excluding carboxylic acids is 1. The number of rotatable bonds is 4. The third kappa shape index (κ3) is 2.71. The van der Waals surface area contributed by atoms with Crippen molar-refractivity contribution < 1.29 is 18.3 Å². The van der Waals surface area contributed by atoms with Crippen molar-refractivity contribution in [3.63, 3.8) is 0 Å². The van der Waals surface area contributed by atoms with Crippen molar-refractivity contribution in [1.29, 1.82) is 0 Å². The second-order valence-corrected chi connectivity index (χ2v) is 3.61. The molecule has 0 N–H and O–H groups in total. The summed E-state index contributed by atoms with van der Waals surface area (Å²) in [6.07, 6.45) is 2.05. The van der Waals surface area contributed by atoms with E-state index in [4.69, 9.17) is 9.15 Å². The lowest BCUT2D eigenvalue weighted by molar-refractivity contribution is -0.134. The molecular weight excluding hydrogens is 239 g/mol. The summed E-state index contributed by atoms with van der Waals surface area (Å²) >= 11 is 0. The fourth-order valence-electron chi connectivity index (χ4n) is 1.39. The van der Waals surface area contributed by atoms with Crippen molar-refractivity contribution in [3.8, 4) is 17.2 Å². The molecule has 6 heteroatoms. The first-order valence-corrected chi connectivity index (χ1v) is 5.47. The molecular formula is C12H11FN2O3. The van der Waals surface area contributed by atoms with Gasteiger partial charge in [-0.25, -0.2) is 4.39 Å². The molecule has 0 saturated heterocycles. The molecule has 2 aromatic rings. The number of halogens is 1. The maximum absolute atomic E-state index is 13.5. The van der Waals surface area contributed by atoms with Gasteiger partial charge in [0.05, 0.1) is 0 Å². The molecule has 0 unspecified atom stereocenters. The summed E-state index contributed by atoms with van der Waals surface area (Å²) < 4.78 is 23.4.